The summed E-state index contributed by atoms with van der Waals surface area (Å²) in [7, 11) is 3.75. The van der Waals surface area contributed by atoms with Crippen LogP contribution in [0, 0.1) is 5.92 Å². The number of ether oxygens (including phenoxy) is 1. The smallest absolute Gasteiger partial charge is 0.0462 e. The summed E-state index contributed by atoms with van der Waals surface area (Å²) in [5.41, 5.74) is 0. The lowest BCUT2D eigenvalue weighted by atomic mass is 10.1. The topological polar surface area (TPSA) is 21.3 Å². The zero-order valence-corrected chi connectivity index (χ0v) is 7.31. The molecule has 0 aromatic carbocycles. The van der Waals surface area contributed by atoms with Gasteiger partial charge in [0.15, 0.2) is 0 Å². The van der Waals surface area contributed by atoms with E-state index >= 15 is 0 Å². The minimum atomic E-state index is 0.778. The van der Waals surface area contributed by atoms with Gasteiger partial charge in [0.05, 0.1) is 0 Å². The fraction of sp³-hybridized carbons (Fsp3) is 1.00. The molecule has 1 N–H and O–H groups in total. The molecule has 0 radical (unpaired) electrons. The number of nitrogens with one attached hydrogen (secondary N) is 1. The van der Waals surface area contributed by atoms with E-state index in [4.69, 9.17) is 4.74 Å². The second-order valence-corrected chi connectivity index (χ2v) is 2.80. The largest absolute Gasteiger partial charge is 0.385 e. The molecule has 0 bridgehead atoms. The molecule has 0 amide bonds. The molecule has 0 aliphatic heterocycles. The summed E-state index contributed by atoms with van der Waals surface area (Å²) in [6.07, 6.45) is 2.44. The average molecular weight is 145 g/mol. The van der Waals surface area contributed by atoms with E-state index in [1.807, 2.05) is 7.05 Å². The van der Waals surface area contributed by atoms with Gasteiger partial charge in [-0.15, -0.1) is 0 Å². The summed E-state index contributed by atoms with van der Waals surface area (Å²) < 4.78 is 4.95. The lowest BCUT2D eigenvalue weighted by molar-refractivity contribution is 0.187. The molecule has 0 aliphatic rings. The lowest BCUT2D eigenvalue weighted by Crippen LogP contribution is -2.16. The van der Waals surface area contributed by atoms with Crippen LogP contribution in [0.25, 0.3) is 0 Å². The van der Waals surface area contributed by atoms with Crippen LogP contribution < -0.4 is 5.32 Å². The molecule has 0 rings (SSSR count). The van der Waals surface area contributed by atoms with E-state index < -0.39 is 0 Å². The molecule has 10 heavy (non-hydrogen) atoms. The van der Waals surface area contributed by atoms with Crippen molar-refractivity contribution < 1.29 is 4.74 Å². The number of rotatable bonds is 6. The number of hydrogen-bond donors (Lipinski definition) is 1. The SMILES string of the molecule is CNCC(C)CCCOC. The van der Waals surface area contributed by atoms with Crippen molar-refractivity contribution in [2.75, 3.05) is 27.3 Å². The summed E-state index contributed by atoms with van der Waals surface area (Å²) in [4.78, 5) is 0. The molecule has 1 atom stereocenters. The molecule has 0 aromatic heterocycles. The summed E-state index contributed by atoms with van der Waals surface area (Å²) >= 11 is 0. The van der Waals surface area contributed by atoms with Gasteiger partial charge in [-0.25, -0.2) is 0 Å². The Morgan fingerprint density at radius 1 is 1.50 bits per heavy atom. The Kier molecular flexibility index (Phi) is 6.98. The van der Waals surface area contributed by atoms with E-state index in [1.165, 1.54) is 12.8 Å². The summed E-state index contributed by atoms with van der Waals surface area (Å²) in [5.74, 6) is 0.778. The standard InChI is InChI=1S/C8H19NO/c1-8(7-9-2)5-4-6-10-3/h8-9H,4-7H2,1-3H3. The predicted octanol–water partition coefficient (Wildman–Crippen LogP) is 1.27. The van der Waals surface area contributed by atoms with Gasteiger partial charge in [0.1, 0.15) is 0 Å². The first kappa shape index (κ1) is 9.92. The highest BCUT2D eigenvalue weighted by molar-refractivity contribution is 4.53. The van der Waals surface area contributed by atoms with E-state index in [0.717, 1.165) is 19.1 Å². The first-order valence-electron chi connectivity index (χ1n) is 3.94. The Hall–Kier alpha value is -0.0800. The second-order valence-electron chi connectivity index (χ2n) is 2.80. The van der Waals surface area contributed by atoms with Crippen LogP contribution in [0.5, 0.6) is 0 Å². The Balaban J connectivity index is 2.97. The maximum absolute atomic E-state index is 4.95. The van der Waals surface area contributed by atoms with Gasteiger partial charge in [-0.1, -0.05) is 6.92 Å². The second kappa shape index (κ2) is 7.03. The lowest BCUT2D eigenvalue weighted by Gasteiger charge is -2.08. The van der Waals surface area contributed by atoms with Crippen molar-refractivity contribution in [1.82, 2.24) is 5.32 Å². The van der Waals surface area contributed by atoms with Crippen molar-refractivity contribution in [1.29, 1.82) is 0 Å². The van der Waals surface area contributed by atoms with Gasteiger partial charge < -0.3 is 10.1 Å². The van der Waals surface area contributed by atoms with E-state index in [-0.39, 0.29) is 0 Å². The molecule has 0 saturated heterocycles. The van der Waals surface area contributed by atoms with Crippen molar-refractivity contribution in [2.45, 2.75) is 19.8 Å². The van der Waals surface area contributed by atoms with Gasteiger partial charge in [0.25, 0.3) is 0 Å². The Morgan fingerprint density at radius 2 is 2.20 bits per heavy atom. The summed E-state index contributed by atoms with van der Waals surface area (Å²) in [5, 5.41) is 3.15. The van der Waals surface area contributed by atoms with Crippen LogP contribution in [-0.2, 0) is 4.74 Å². The monoisotopic (exact) mass is 145 g/mol. The van der Waals surface area contributed by atoms with Gasteiger partial charge in [0.2, 0.25) is 0 Å². The third kappa shape index (κ3) is 6.05. The highest BCUT2D eigenvalue weighted by atomic mass is 16.5. The third-order valence-corrected chi connectivity index (χ3v) is 1.60. The molecular weight excluding hydrogens is 126 g/mol. The van der Waals surface area contributed by atoms with E-state index in [2.05, 4.69) is 12.2 Å². The minimum Gasteiger partial charge on any atom is -0.385 e. The van der Waals surface area contributed by atoms with Crippen molar-refractivity contribution in [3.05, 3.63) is 0 Å². The van der Waals surface area contributed by atoms with Crippen molar-refractivity contribution >= 4 is 0 Å². The first-order valence-corrected chi connectivity index (χ1v) is 3.94. The van der Waals surface area contributed by atoms with Crippen LogP contribution in [0.15, 0.2) is 0 Å². The fourth-order valence-corrected chi connectivity index (χ4v) is 1.03. The quantitative estimate of drug-likeness (QED) is 0.568. The minimum absolute atomic E-state index is 0.778. The third-order valence-electron chi connectivity index (χ3n) is 1.60. The van der Waals surface area contributed by atoms with Crippen LogP contribution in [0.4, 0.5) is 0 Å². The Morgan fingerprint density at radius 3 is 2.70 bits per heavy atom. The zero-order valence-electron chi connectivity index (χ0n) is 7.31. The first-order chi connectivity index (χ1) is 4.81. The molecule has 0 heterocycles. The van der Waals surface area contributed by atoms with Crippen LogP contribution >= 0.6 is 0 Å². The fourth-order valence-electron chi connectivity index (χ4n) is 1.03. The zero-order chi connectivity index (χ0) is 7.82. The maximum atomic E-state index is 4.95. The van der Waals surface area contributed by atoms with Gasteiger partial charge in [0, 0.05) is 13.7 Å². The normalized spacial score (nSPS) is 13.5. The predicted molar refractivity (Wildman–Crippen MR) is 44.2 cm³/mol. The van der Waals surface area contributed by atoms with Crippen molar-refractivity contribution in [3.8, 4) is 0 Å². The molecule has 62 valence electrons. The highest BCUT2D eigenvalue weighted by Crippen LogP contribution is 2.02. The highest BCUT2D eigenvalue weighted by Gasteiger charge is 1.98. The Labute approximate surface area is 64.0 Å². The van der Waals surface area contributed by atoms with E-state index in [9.17, 15) is 0 Å². The van der Waals surface area contributed by atoms with Crippen molar-refractivity contribution in [3.63, 3.8) is 0 Å². The molecule has 0 fully saturated rings. The molecule has 1 unspecified atom stereocenters. The van der Waals surface area contributed by atoms with Gasteiger partial charge in [-0.2, -0.15) is 0 Å². The molecule has 2 nitrogen and oxygen atoms in total. The number of hydrogen-bond acceptors (Lipinski definition) is 2. The molecule has 2 heteroatoms. The van der Waals surface area contributed by atoms with E-state index in [1.54, 1.807) is 7.11 Å². The van der Waals surface area contributed by atoms with E-state index in [0.29, 0.717) is 0 Å². The summed E-state index contributed by atoms with van der Waals surface area (Å²) in [6.45, 7) is 4.27. The molecule has 0 aromatic rings. The number of methoxy groups -OCH3 is 1. The van der Waals surface area contributed by atoms with Crippen LogP contribution in [0.2, 0.25) is 0 Å². The van der Waals surface area contributed by atoms with Crippen LogP contribution in [-0.4, -0.2) is 27.3 Å². The molecular formula is C8H19NO. The van der Waals surface area contributed by atoms with Gasteiger partial charge in [-0.05, 0) is 32.4 Å². The van der Waals surface area contributed by atoms with Crippen LogP contribution in [0.1, 0.15) is 19.8 Å². The summed E-state index contributed by atoms with van der Waals surface area (Å²) in [6, 6.07) is 0. The van der Waals surface area contributed by atoms with Gasteiger partial charge in [-0.3, -0.25) is 0 Å². The maximum Gasteiger partial charge on any atom is 0.0462 e. The van der Waals surface area contributed by atoms with Crippen LogP contribution in [0.3, 0.4) is 0 Å². The van der Waals surface area contributed by atoms with Crippen molar-refractivity contribution in [2.24, 2.45) is 5.92 Å². The molecule has 0 spiro atoms. The Bertz CT molecular complexity index is 66.3. The molecule has 0 aliphatic carbocycles. The molecule has 0 saturated carbocycles. The average Bonchev–Trinajstić information content (AvgIpc) is 1.89. The van der Waals surface area contributed by atoms with Gasteiger partial charge >= 0.3 is 0 Å².